The molecule has 0 amide bonds. The minimum atomic E-state index is -0.336. The van der Waals surface area contributed by atoms with E-state index in [1.165, 1.54) is 5.56 Å². The second kappa shape index (κ2) is 4.75. The highest BCUT2D eigenvalue weighted by molar-refractivity contribution is 5.44. The highest BCUT2D eigenvalue weighted by Crippen LogP contribution is 2.08. The van der Waals surface area contributed by atoms with Gasteiger partial charge in [0.1, 0.15) is 6.67 Å². The SMILES string of the molecule is [CH2]Cc1ccc(NCCF)cc1. The van der Waals surface area contributed by atoms with Crippen LogP contribution in [0.3, 0.4) is 0 Å². The van der Waals surface area contributed by atoms with Gasteiger partial charge in [0.05, 0.1) is 0 Å². The summed E-state index contributed by atoms with van der Waals surface area (Å²) in [5.41, 5.74) is 2.16. The predicted octanol–water partition coefficient (Wildman–Crippen LogP) is 2.44. The molecule has 1 rings (SSSR count). The molecule has 1 aromatic rings. The molecule has 0 heterocycles. The third-order valence-electron chi connectivity index (χ3n) is 1.67. The van der Waals surface area contributed by atoms with Gasteiger partial charge in [-0.15, -0.1) is 0 Å². The largest absolute Gasteiger partial charge is 0.382 e. The number of benzene rings is 1. The molecule has 1 N–H and O–H groups in total. The van der Waals surface area contributed by atoms with Crippen LogP contribution in [-0.4, -0.2) is 13.2 Å². The Morgan fingerprint density at radius 2 is 1.92 bits per heavy atom. The molecule has 0 saturated carbocycles. The molecule has 2 heteroatoms. The quantitative estimate of drug-likeness (QED) is 0.724. The number of halogens is 1. The topological polar surface area (TPSA) is 12.0 Å². The third kappa shape index (κ3) is 2.53. The van der Waals surface area contributed by atoms with E-state index in [4.69, 9.17) is 0 Å². The molecule has 0 aliphatic heterocycles. The van der Waals surface area contributed by atoms with Crippen LogP contribution < -0.4 is 5.32 Å². The Morgan fingerprint density at radius 1 is 1.25 bits per heavy atom. The molecule has 0 aliphatic rings. The van der Waals surface area contributed by atoms with Crippen LogP contribution in [0.2, 0.25) is 0 Å². The van der Waals surface area contributed by atoms with Crippen molar-refractivity contribution in [2.45, 2.75) is 6.42 Å². The number of rotatable bonds is 4. The van der Waals surface area contributed by atoms with E-state index in [2.05, 4.69) is 12.2 Å². The average molecular weight is 166 g/mol. The van der Waals surface area contributed by atoms with Crippen molar-refractivity contribution in [2.24, 2.45) is 0 Å². The van der Waals surface area contributed by atoms with Crippen LogP contribution in [0.5, 0.6) is 0 Å². The first-order valence-corrected chi connectivity index (χ1v) is 4.05. The van der Waals surface area contributed by atoms with Crippen LogP contribution in [0.15, 0.2) is 24.3 Å². The van der Waals surface area contributed by atoms with E-state index < -0.39 is 0 Å². The van der Waals surface area contributed by atoms with E-state index in [0.717, 1.165) is 12.1 Å². The molecule has 1 nitrogen and oxygen atoms in total. The summed E-state index contributed by atoms with van der Waals surface area (Å²) in [6.07, 6.45) is 0.795. The summed E-state index contributed by atoms with van der Waals surface area (Å²) in [6.45, 7) is 3.81. The zero-order chi connectivity index (χ0) is 8.81. The van der Waals surface area contributed by atoms with Gasteiger partial charge in [-0.2, -0.15) is 0 Å². The van der Waals surface area contributed by atoms with E-state index in [-0.39, 0.29) is 6.67 Å². The standard InChI is InChI=1S/C10H13FN/c1-2-9-3-5-10(6-4-9)12-8-7-11/h3-6,12H,1-2,7-8H2. The monoisotopic (exact) mass is 166 g/mol. The highest BCUT2D eigenvalue weighted by atomic mass is 19.1. The van der Waals surface area contributed by atoms with E-state index >= 15 is 0 Å². The van der Waals surface area contributed by atoms with Crippen LogP contribution in [0, 0.1) is 6.92 Å². The Bertz CT molecular complexity index is 218. The zero-order valence-electron chi connectivity index (χ0n) is 7.02. The normalized spacial score (nSPS) is 9.83. The van der Waals surface area contributed by atoms with Gasteiger partial charge in [-0.3, -0.25) is 0 Å². The second-order valence-electron chi connectivity index (χ2n) is 2.56. The first kappa shape index (κ1) is 9.04. The van der Waals surface area contributed by atoms with Gasteiger partial charge >= 0.3 is 0 Å². The maximum absolute atomic E-state index is 11.8. The molecular formula is C10H13FN. The summed E-state index contributed by atoms with van der Waals surface area (Å²) in [7, 11) is 0. The van der Waals surface area contributed by atoms with Crippen LogP contribution in [-0.2, 0) is 6.42 Å². The molecule has 0 unspecified atom stereocenters. The lowest BCUT2D eigenvalue weighted by molar-refractivity contribution is 0.513. The molecule has 1 radical (unpaired) electrons. The summed E-state index contributed by atoms with van der Waals surface area (Å²) in [5.74, 6) is 0. The van der Waals surface area contributed by atoms with Crippen LogP contribution >= 0.6 is 0 Å². The molecule has 0 spiro atoms. The molecule has 0 aliphatic carbocycles. The molecule has 0 bridgehead atoms. The van der Waals surface area contributed by atoms with Crippen LogP contribution in [0.25, 0.3) is 0 Å². The molecule has 1 aromatic carbocycles. The van der Waals surface area contributed by atoms with E-state index in [0.29, 0.717) is 6.54 Å². The Kier molecular flexibility index (Phi) is 3.58. The lowest BCUT2D eigenvalue weighted by Gasteiger charge is -2.03. The van der Waals surface area contributed by atoms with Gasteiger partial charge in [0.2, 0.25) is 0 Å². The smallest absolute Gasteiger partial charge is 0.107 e. The summed E-state index contributed by atoms with van der Waals surface area (Å²) >= 11 is 0. The minimum absolute atomic E-state index is 0.336. The van der Waals surface area contributed by atoms with E-state index in [9.17, 15) is 4.39 Å². The number of anilines is 1. The fraction of sp³-hybridized carbons (Fsp3) is 0.300. The van der Waals surface area contributed by atoms with Crippen LogP contribution in [0.4, 0.5) is 10.1 Å². The van der Waals surface area contributed by atoms with Gasteiger partial charge < -0.3 is 5.32 Å². The van der Waals surface area contributed by atoms with Gasteiger partial charge in [0, 0.05) is 12.2 Å². The summed E-state index contributed by atoms with van der Waals surface area (Å²) in [5, 5.41) is 2.95. The van der Waals surface area contributed by atoms with Gasteiger partial charge in [0.15, 0.2) is 0 Å². The third-order valence-corrected chi connectivity index (χ3v) is 1.67. The van der Waals surface area contributed by atoms with Crippen molar-refractivity contribution in [2.75, 3.05) is 18.5 Å². The van der Waals surface area contributed by atoms with Gasteiger partial charge in [0.25, 0.3) is 0 Å². The molecule has 0 fully saturated rings. The van der Waals surface area contributed by atoms with Crippen molar-refractivity contribution in [3.63, 3.8) is 0 Å². The Morgan fingerprint density at radius 3 is 2.42 bits per heavy atom. The maximum atomic E-state index is 11.8. The number of nitrogens with one attached hydrogen (secondary N) is 1. The van der Waals surface area contributed by atoms with Crippen molar-refractivity contribution in [1.82, 2.24) is 0 Å². The lowest BCUT2D eigenvalue weighted by Crippen LogP contribution is -2.02. The maximum Gasteiger partial charge on any atom is 0.107 e. The van der Waals surface area contributed by atoms with Crippen LogP contribution in [0.1, 0.15) is 5.56 Å². The van der Waals surface area contributed by atoms with Gasteiger partial charge in [-0.1, -0.05) is 12.1 Å². The average Bonchev–Trinajstić information content (AvgIpc) is 2.15. The lowest BCUT2D eigenvalue weighted by atomic mass is 10.1. The zero-order valence-corrected chi connectivity index (χ0v) is 7.02. The summed E-state index contributed by atoms with van der Waals surface area (Å²) < 4.78 is 11.8. The Labute approximate surface area is 72.6 Å². The fourth-order valence-corrected chi connectivity index (χ4v) is 0.981. The minimum Gasteiger partial charge on any atom is -0.382 e. The molecule has 0 atom stereocenters. The van der Waals surface area contributed by atoms with Crippen molar-refractivity contribution in [3.8, 4) is 0 Å². The Balaban J connectivity index is 2.53. The first-order valence-electron chi connectivity index (χ1n) is 4.05. The summed E-state index contributed by atoms with van der Waals surface area (Å²) in [4.78, 5) is 0. The molecule has 65 valence electrons. The molecule has 0 saturated heterocycles. The van der Waals surface area contributed by atoms with Crippen molar-refractivity contribution in [3.05, 3.63) is 36.8 Å². The number of hydrogen-bond acceptors (Lipinski definition) is 1. The fourth-order valence-electron chi connectivity index (χ4n) is 0.981. The van der Waals surface area contributed by atoms with Crippen molar-refractivity contribution >= 4 is 5.69 Å². The van der Waals surface area contributed by atoms with Crippen molar-refractivity contribution < 1.29 is 4.39 Å². The van der Waals surface area contributed by atoms with Gasteiger partial charge in [-0.05, 0) is 31.0 Å². The second-order valence-corrected chi connectivity index (χ2v) is 2.56. The van der Waals surface area contributed by atoms with E-state index in [1.807, 2.05) is 24.3 Å². The molecular weight excluding hydrogens is 153 g/mol. The Hall–Kier alpha value is -1.05. The van der Waals surface area contributed by atoms with Gasteiger partial charge in [-0.25, -0.2) is 4.39 Å². The molecule has 0 aromatic heterocycles. The molecule has 12 heavy (non-hydrogen) atoms. The number of hydrogen-bond donors (Lipinski definition) is 1. The highest BCUT2D eigenvalue weighted by Gasteiger charge is 1.91. The first-order chi connectivity index (χ1) is 5.86. The summed E-state index contributed by atoms with van der Waals surface area (Å²) in [6, 6.07) is 7.87. The van der Waals surface area contributed by atoms with E-state index in [1.54, 1.807) is 0 Å². The predicted molar refractivity (Wildman–Crippen MR) is 50.0 cm³/mol. The number of alkyl halides is 1. The van der Waals surface area contributed by atoms with Crippen molar-refractivity contribution in [1.29, 1.82) is 0 Å².